The SMILES string of the molecule is COC(=O)c1ccc(NC(=O)CSC2=Nc3ccccc3C3C=CNN23)cc1. The number of hydrogen-bond acceptors (Lipinski definition) is 7. The number of anilines is 1. The van der Waals surface area contributed by atoms with Crippen LogP contribution in [-0.2, 0) is 9.53 Å². The Balaban J connectivity index is 1.40. The van der Waals surface area contributed by atoms with Crippen LogP contribution in [0.25, 0.3) is 0 Å². The first-order chi connectivity index (χ1) is 13.7. The van der Waals surface area contributed by atoms with E-state index in [1.54, 1.807) is 24.3 Å². The largest absolute Gasteiger partial charge is 0.465 e. The van der Waals surface area contributed by atoms with Gasteiger partial charge in [-0.2, -0.15) is 0 Å². The number of aliphatic imine (C=N–C) groups is 1. The second-order valence-corrected chi connectivity index (χ2v) is 7.10. The van der Waals surface area contributed by atoms with E-state index in [2.05, 4.69) is 32.6 Å². The number of esters is 1. The molecule has 2 aliphatic rings. The lowest BCUT2D eigenvalue weighted by Crippen LogP contribution is -2.39. The molecule has 28 heavy (non-hydrogen) atoms. The summed E-state index contributed by atoms with van der Waals surface area (Å²) in [5.74, 6) is -0.351. The summed E-state index contributed by atoms with van der Waals surface area (Å²) in [5, 5.41) is 5.51. The minimum atomic E-state index is -0.412. The Labute approximate surface area is 166 Å². The number of ether oxygens (including phenoxy) is 1. The number of nitrogens with zero attached hydrogens (tertiary/aromatic N) is 2. The quantitative estimate of drug-likeness (QED) is 0.775. The van der Waals surface area contributed by atoms with Crippen LogP contribution in [-0.4, -0.2) is 34.9 Å². The Morgan fingerprint density at radius 2 is 2.00 bits per heavy atom. The van der Waals surface area contributed by atoms with Gasteiger partial charge in [-0.15, -0.1) is 0 Å². The number of para-hydroxylation sites is 1. The first-order valence-corrected chi connectivity index (χ1v) is 9.65. The second-order valence-electron chi connectivity index (χ2n) is 6.16. The molecule has 2 N–H and O–H groups in total. The van der Waals surface area contributed by atoms with Crippen molar-refractivity contribution in [1.82, 2.24) is 10.4 Å². The predicted octanol–water partition coefficient (Wildman–Crippen LogP) is 3.22. The molecule has 7 nitrogen and oxygen atoms in total. The maximum absolute atomic E-state index is 12.3. The predicted molar refractivity (Wildman–Crippen MR) is 109 cm³/mol. The smallest absolute Gasteiger partial charge is 0.337 e. The van der Waals surface area contributed by atoms with E-state index in [0.29, 0.717) is 11.3 Å². The Hall–Kier alpha value is -3.26. The molecule has 2 aliphatic heterocycles. The molecule has 0 aromatic heterocycles. The molecule has 2 heterocycles. The van der Waals surface area contributed by atoms with Crippen LogP contribution in [0.4, 0.5) is 11.4 Å². The molecule has 0 saturated carbocycles. The van der Waals surface area contributed by atoms with Gasteiger partial charge >= 0.3 is 5.97 Å². The maximum Gasteiger partial charge on any atom is 0.337 e. The fraction of sp³-hybridized carbons (Fsp3) is 0.150. The number of carbonyl (C=O) groups is 2. The number of amides is 1. The lowest BCUT2D eigenvalue weighted by Gasteiger charge is -2.31. The first kappa shape index (κ1) is 18.1. The third kappa shape index (κ3) is 3.59. The average Bonchev–Trinajstić information content (AvgIpc) is 3.22. The van der Waals surface area contributed by atoms with E-state index >= 15 is 0 Å². The zero-order chi connectivity index (χ0) is 19.5. The monoisotopic (exact) mass is 394 g/mol. The van der Waals surface area contributed by atoms with Gasteiger partial charge in [-0.1, -0.05) is 30.0 Å². The minimum Gasteiger partial charge on any atom is -0.465 e. The normalized spacial score (nSPS) is 16.5. The number of fused-ring (bicyclic) bond motifs is 3. The lowest BCUT2D eigenvalue weighted by atomic mass is 10.0. The van der Waals surface area contributed by atoms with Gasteiger partial charge in [0.05, 0.1) is 30.2 Å². The van der Waals surface area contributed by atoms with Crippen molar-refractivity contribution in [1.29, 1.82) is 0 Å². The van der Waals surface area contributed by atoms with Gasteiger partial charge < -0.3 is 15.5 Å². The summed E-state index contributed by atoms with van der Waals surface area (Å²) in [7, 11) is 1.33. The zero-order valence-corrected chi connectivity index (χ0v) is 15.9. The zero-order valence-electron chi connectivity index (χ0n) is 15.1. The molecule has 0 saturated heterocycles. The number of amidine groups is 1. The van der Waals surface area contributed by atoms with E-state index < -0.39 is 5.97 Å². The van der Waals surface area contributed by atoms with Gasteiger partial charge in [0.2, 0.25) is 5.91 Å². The fourth-order valence-electron chi connectivity index (χ4n) is 3.03. The van der Waals surface area contributed by atoms with Crippen molar-refractivity contribution in [2.75, 3.05) is 18.2 Å². The van der Waals surface area contributed by atoms with Crippen molar-refractivity contribution in [2.45, 2.75) is 6.04 Å². The van der Waals surface area contributed by atoms with Gasteiger partial charge in [0.25, 0.3) is 0 Å². The van der Waals surface area contributed by atoms with E-state index in [9.17, 15) is 9.59 Å². The van der Waals surface area contributed by atoms with Crippen LogP contribution in [0.15, 0.2) is 65.8 Å². The molecular formula is C20H18N4O3S. The summed E-state index contributed by atoms with van der Waals surface area (Å²) < 4.78 is 4.66. The standard InChI is InChI=1S/C20H18N4O3S/c1-27-19(26)13-6-8-14(9-7-13)22-18(25)12-28-20-23-16-5-3-2-4-15(16)17-10-11-21-24(17)20/h2-11,17,21H,12H2,1H3,(H,22,25). The molecule has 0 fully saturated rings. The number of benzene rings is 2. The van der Waals surface area contributed by atoms with E-state index in [-0.39, 0.29) is 17.7 Å². The highest BCUT2D eigenvalue weighted by Gasteiger charge is 2.31. The molecule has 1 atom stereocenters. The third-order valence-corrected chi connectivity index (χ3v) is 5.32. The molecule has 2 aromatic carbocycles. The van der Waals surface area contributed by atoms with Gasteiger partial charge in [0, 0.05) is 17.5 Å². The molecule has 2 aromatic rings. The van der Waals surface area contributed by atoms with Crippen LogP contribution in [0.5, 0.6) is 0 Å². The topological polar surface area (TPSA) is 83.0 Å². The van der Waals surface area contributed by atoms with E-state index in [4.69, 9.17) is 0 Å². The van der Waals surface area contributed by atoms with Gasteiger partial charge in [-0.05, 0) is 36.4 Å². The average molecular weight is 394 g/mol. The number of carbonyl (C=O) groups excluding carboxylic acids is 2. The summed E-state index contributed by atoms with van der Waals surface area (Å²) in [6, 6.07) is 14.6. The highest BCUT2D eigenvalue weighted by atomic mass is 32.2. The molecule has 1 amide bonds. The molecule has 0 bridgehead atoms. The highest BCUT2D eigenvalue weighted by Crippen LogP contribution is 2.38. The third-order valence-electron chi connectivity index (χ3n) is 4.37. The molecule has 1 unspecified atom stereocenters. The molecule has 4 rings (SSSR count). The van der Waals surface area contributed by atoms with Crippen LogP contribution in [0, 0.1) is 0 Å². The number of rotatable bonds is 4. The Morgan fingerprint density at radius 1 is 1.21 bits per heavy atom. The summed E-state index contributed by atoms with van der Waals surface area (Å²) >= 11 is 1.36. The summed E-state index contributed by atoms with van der Waals surface area (Å²) in [5.41, 5.74) is 6.27. The molecule has 142 valence electrons. The Morgan fingerprint density at radius 3 is 2.79 bits per heavy atom. The minimum absolute atomic E-state index is 0.0742. The number of nitrogens with one attached hydrogen (secondary N) is 2. The number of methoxy groups -OCH3 is 1. The second kappa shape index (κ2) is 7.77. The maximum atomic E-state index is 12.3. The van der Waals surface area contributed by atoms with Crippen LogP contribution in [0.3, 0.4) is 0 Å². The van der Waals surface area contributed by atoms with Crippen molar-refractivity contribution in [3.8, 4) is 0 Å². The number of hydrogen-bond donors (Lipinski definition) is 2. The lowest BCUT2D eigenvalue weighted by molar-refractivity contribution is -0.113. The van der Waals surface area contributed by atoms with Gasteiger partial charge in [-0.3, -0.25) is 9.80 Å². The van der Waals surface area contributed by atoms with Gasteiger partial charge in [-0.25, -0.2) is 9.79 Å². The van der Waals surface area contributed by atoms with Crippen LogP contribution >= 0.6 is 11.8 Å². The van der Waals surface area contributed by atoms with Crippen molar-refractivity contribution in [3.05, 3.63) is 71.9 Å². The van der Waals surface area contributed by atoms with Crippen molar-refractivity contribution in [2.24, 2.45) is 4.99 Å². The Kier molecular flexibility index (Phi) is 5.03. The molecule has 0 radical (unpaired) electrons. The first-order valence-electron chi connectivity index (χ1n) is 8.66. The molecule has 8 heteroatoms. The van der Waals surface area contributed by atoms with E-state index in [0.717, 1.165) is 16.4 Å². The van der Waals surface area contributed by atoms with Crippen LogP contribution in [0.1, 0.15) is 22.0 Å². The molecular weight excluding hydrogens is 376 g/mol. The van der Waals surface area contributed by atoms with Crippen LogP contribution < -0.4 is 10.7 Å². The summed E-state index contributed by atoms with van der Waals surface area (Å²) in [4.78, 5) is 28.5. The number of thioether (sulfide) groups is 1. The summed E-state index contributed by atoms with van der Waals surface area (Å²) in [6.45, 7) is 0. The summed E-state index contributed by atoms with van der Waals surface area (Å²) in [6.07, 6.45) is 3.95. The highest BCUT2D eigenvalue weighted by molar-refractivity contribution is 8.14. The number of hydrazine groups is 1. The fourth-order valence-corrected chi connectivity index (χ4v) is 3.83. The molecule has 0 aliphatic carbocycles. The van der Waals surface area contributed by atoms with Crippen molar-refractivity contribution >= 4 is 40.2 Å². The molecule has 0 spiro atoms. The Bertz CT molecular complexity index is 972. The van der Waals surface area contributed by atoms with Crippen molar-refractivity contribution in [3.63, 3.8) is 0 Å². The van der Waals surface area contributed by atoms with Gasteiger partial charge in [0.1, 0.15) is 0 Å². The van der Waals surface area contributed by atoms with Crippen LogP contribution in [0.2, 0.25) is 0 Å². The van der Waals surface area contributed by atoms with E-state index in [1.165, 1.54) is 18.9 Å². The van der Waals surface area contributed by atoms with E-state index in [1.807, 2.05) is 29.4 Å². The van der Waals surface area contributed by atoms with Crippen molar-refractivity contribution < 1.29 is 14.3 Å². The van der Waals surface area contributed by atoms with Gasteiger partial charge in [0.15, 0.2) is 5.17 Å².